The minimum atomic E-state index is -0.119. The lowest BCUT2D eigenvalue weighted by Gasteiger charge is -2.34. The molecule has 0 radical (unpaired) electrons. The third-order valence-electron chi connectivity index (χ3n) is 3.37. The molecule has 21 heavy (non-hydrogen) atoms. The van der Waals surface area contributed by atoms with E-state index in [9.17, 15) is 0 Å². The summed E-state index contributed by atoms with van der Waals surface area (Å²) < 4.78 is 5.89. The maximum atomic E-state index is 5.89. The number of rotatable bonds is 3. The van der Waals surface area contributed by atoms with E-state index in [1.54, 1.807) is 31.0 Å². The summed E-state index contributed by atoms with van der Waals surface area (Å²) >= 11 is 0. The summed E-state index contributed by atoms with van der Waals surface area (Å²) in [6.07, 6.45) is 8.43. The van der Waals surface area contributed by atoms with Crippen LogP contribution in [0.3, 0.4) is 0 Å². The fourth-order valence-electron chi connectivity index (χ4n) is 2.39. The Kier molecular flexibility index (Phi) is 3.92. The number of ether oxygens (including phenoxy) is 1. The van der Waals surface area contributed by atoms with Crippen molar-refractivity contribution in [2.75, 3.05) is 43.6 Å². The minimum absolute atomic E-state index is 0.119. The highest BCUT2D eigenvalue weighted by Crippen LogP contribution is 2.27. The Labute approximate surface area is 123 Å². The number of morpholine rings is 1. The molecule has 0 saturated carbocycles. The summed E-state index contributed by atoms with van der Waals surface area (Å²) in [7, 11) is 3.91. The molecular formula is C14H18N6O. The second kappa shape index (κ2) is 6.01. The fraction of sp³-hybridized carbons (Fsp3) is 0.429. The Morgan fingerprint density at radius 1 is 1.14 bits per heavy atom. The normalized spacial score (nSPS) is 18.6. The van der Waals surface area contributed by atoms with Crippen molar-refractivity contribution in [2.45, 2.75) is 6.10 Å². The van der Waals surface area contributed by atoms with Crippen molar-refractivity contribution in [1.29, 1.82) is 0 Å². The van der Waals surface area contributed by atoms with Gasteiger partial charge in [0.15, 0.2) is 5.82 Å². The molecule has 2 aromatic rings. The van der Waals surface area contributed by atoms with Crippen molar-refractivity contribution in [3.8, 4) is 0 Å². The number of nitrogens with zero attached hydrogens (tertiary/aromatic N) is 6. The van der Waals surface area contributed by atoms with Crippen LogP contribution in [-0.4, -0.2) is 53.7 Å². The molecule has 1 fully saturated rings. The van der Waals surface area contributed by atoms with Crippen LogP contribution in [0.5, 0.6) is 0 Å². The van der Waals surface area contributed by atoms with Crippen molar-refractivity contribution in [3.05, 3.63) is 36.7 Å². The number of hydrogen-bond acceptors (Lipinski definition) is 7. The van der Waals surface area contributed by atoms with E-state index < -0.39 is 0 Å². The highest BCUT2D eigenvalue weighted by molar-refractivity contribution is 5.44. The molecule has 7 heteroatoms. The lowest BCUT2D eigenvalue weighted by Crippen LogP contribution is -2.39. The van der Waals surface area contributed by atoms with Gasteiger partial charge in [0.25, 0.3) is 0 Å². The van der Waals surface area contributed by atoms with Gasteiger partial charge in [0.1, 0.15) is 17.6 Å². The Morgan fingerprint density at radius 3 is 2.71 bits per heavy atom. The van der Waals surface area contributed by atoms with E-state index in [-0.39, 0.29) is 6.10 Å². The van der Waals surface area contributed by atoms with Crippen molar-refractivity contribution in [2.24, 2.45) is 0 Å². The SMILES string of the molecule is CN(C)c1nccnc1[C@@H]1CN(c2cnccn2)CCO1. The van der Waals surface area contributed by atoms with Crippen molar-refractivity contribution in [3.63, 3.8) is 0 Å². The highest BCUT2D eigenvalue weighted by atomic mass is 16.5. The molecule has 1 saturated heterocycles. The highest BCUT2D eigenvalue weighted by Gasteiger charge is 2.27. The van der Waals surface area contributed by atoms with Gasteiger partial charge in [-0.2, -0.15) is 0 Å². The third-order valence-corrected chi connectivity index (χ3v) is 3.37. The van der Waals surface area contributed by atoms with Crippen molar-refractivity contribution in [1.82, 2.24) is 19.9 Å². The van der Waals surface area contributed by atoms with E-state index in [2.05, 4.69) is 24.8 Å². The van der Waals surface area contributed by atoms with Gasteiger partial charge in [0.05, 0.1) is 19.3 Å². The molecule has 1 atom stereocenters. The Balaban J connectivity index is 1.84. The first-order chi connectivity index (χ1) is 10.3. The predicted octanol–water partition coefficient (Wildman–Crippen LogP) is 0.910. The zero-order valence-corrected chi connectivity index (χ0v) is 12.2. The molecule has 110 valence electrons. The molecule has 1 aliphatic rings. The van der Waals surface area contributed by atoms with Crippen LogP contribution >= 0.6 is 0 Å². The largest absolute Gasteiger partial charge is 0.368 e. The predicted molar refractivity (Wildman–Crippen MR) is 79.3 cm³/mol. The average molecular weight is 286 g/mol. The second-order valence-electron chi connectivity index (χ2n) is 5.03. The van der Waals surface area contributed by atoms with Gasteiger partial charge in [0.2, 0.25) is 0 Å². The van der Waals surface area contributed by atoms with Gasteiger partial charge in [0, 0.05) is 45.4 Å². The van der Waals surface area contributed by atoms with E-state index in [4.69, 9.17) is 4.74 Å². The Bertz CT molecular complexity index is 591. The van der Waals surface area contributed by atoms with Crippen LogP contribution in [-0.2, 0) is 4.74 Å². The lowest BCUT2D eigenvalue weighted by atomic mass is 10.2. The minimum Gasteiger partial charge on any atom is -0.368 e. The summed E-state index contributed by atoms with van der Waals surface area (Å²) in [5.41, 5.74) is 0.857. The zero-order valence-electron chi connectivity index (χ0n) is 12.2. The smallest absolute Gasteiger partial charge is 0.152 e. The van der Waals surface area contributed by atoms with Gasteiger partial charge >= 0.3 is 0 Å². The molecule has 7 nitrogen and oxygen atoms in total. The van der Waals surface area contributed by atoms with Crippen LogP contribution in [0, 0.1) is 0 Å². The first-order valence-electron chi connectivity index (χ1n) is 6.86. The molecule has 1 aliphatic heterocycles. The van der Waals surface area contributed by atoms with Crippen LogP contribution in [0.25, 0.3) is 0 Å². The maximum Gasteiger partial charge on any atom is 0.152 e. The van der Waals surface area contributed by atoms with Gasteiger partial charge in [-0.3, -0.25) is 9.97 Å². The number of anilines is 2. The van der Waals surface area contributed by atoms with Crippen LogP contribution in [0.15, 0.2) is 31.0 Å². The van der Waals surface area contributed by atoms with E-state index in [1.165, 1.54) is 0 Å². The van der Waals surface area contributed by atoms with Crippen LogP contribution in [0.2, 0.25) is 0 Å². The van der Waals surface area contributed by atoms with Gasteiger partial charge < -0.3 is 14.5 Å². The first kappa shape index (κ1) is 13.7. The van der Waals surface area contributed by atoms with Gasteiger partial charge in [-0.1, -0.05) is 0 Å². The molecule has 3 heterocycles. The van der Waals surface area contributed by atoms with E-state index in [1.807, 2.05) is 19.0 Å². The Morgan fingerprint density at radius 2 is 1.95 bits per heavy atom. The standard InChI is InChI=1S/C14H18N6O/c1-19(2)14-13(17-5-6-18-14)11-10-20(7-8-21-11)12-9-15-3-4-16-12/h3-6,9,11H,7-8,10H2,1-2H3/t11-/m0/s1. The van der Waals surface area contributed by atoms with Gasteiger partial charge in [-0.15, -0.1) is 0 Å². The van der Waals surface area contributed by atoms with E-state index in [0.717, 1.165) is 23.9 Å². The van der Waals surface area contributed by atoms with E-state index in [0.29, 0.717) is 13.2 Å². The summed E-state index contributed by atoms with van der Waals surface area (Å²) in [5, 5.41) is 0. The topological polar surface area (TPSA) is 67.3 Å². The molecule has 2 aromatic heterocycles. The fourth-order valence-corrected chi connectivity index (χ4v) is 2.39. The second-order valence-corrected chi connectivity index (χ2v) is 5.03. The molecule has 0 bridgehead atoms. The van der Waals surface area contributed by atoms with Crippen LogP contribution < -0.4 is 9.80 Å². The molecule has 0 N–H and O–H groups in total. The van der Waals surface area contributed by atoms with Gasteiger partial charge in [-0.25, -0.2) is 9.97 Å². The lowest BCUT2D eigenvalue weighted by molar-refractivity contribution is 0.0369. The molecule has 0 spiro atoms. The number of aromatic nitrogens is 4. The van der Waals surface area contributed by atoms with Crippen molar-refractivity contribution < 1.29 is 4.74 Å². The first-order valence-corrected chi connectivity index (χ1v) is 6.86. The maximum absolute atomic E-state index is 5.89. The monoisotopic (exact) mass is 286 g/mol. The molecule has 0 aromatic carbocycles. The Hall–Kier alpha value is -2.28. The summed E-state index contributed by atoms with van der Waals surface area (Å²) in [4.78, 5) is 21.4. The average Bonchev–Trinajstić information content (AvgIpc) is 2.56. The molecular weight excluding hydrogens is 268 g/mol. The third kappa shape index (κ3) is 2.92. The van der Waals surface area contributed by atoms with E-state index >= 15 is 0 Å². The summed E-state index contributed by atoms with van der Waals surface area (Å²) in [6, 6.07) is 0. The summed E-state index contributed by atoms with van der Waals surface area (Å²) in [6.45, 7) is 2.12. The molecule has 3 rings (SSSR count). The molecule has 0 aliphatic carbocycles. The molecule has 0 amide bonds. The van der Waals surface area contributed by atoms with Crippen LogP contribution in [0.4, 0.5) is 11.6 Å². The van der Waals surface area contributed by atoms with Crippen molar-refractivity contribution >= 4 is 11.6 Å². The number of hydrogen-bond donors (Lipinski definition) is 0. The van der Waals surface area contributed by atoms with Crippen LogP contribution in [0.1, 0.15) is 11.8 Å². The molecule has 0 unspecified atom stereocenters. The van der Waals surface area contributed by atoms with Gasteiger partial charge in [-0.05, 0) is 0 Å². The zero-order chi connectivity index (χ0) is 14.7. The summed E-state index contributed by atoms with van der Waals surface area (Å²) in [5.74, 6) is 1.70. The quantitative estimate of drug-likeness (QED) is 0.830.